The van der Waals surface area contributed by atoms with Gasteiger partial charge in [-0.25, -0.2) is 4.79 Å². The third-order valence-electron chi connectivity index (χ3n) is 5.45. The van der Waals surface area contributed by atoms with Crippen LogP contribution in [0.3, 0.4) is 0 Å². The van der Waals surface area contributed by atoms with Gasteiger partial charge >= 0.3 is 5.97 Å². The maximum Gasteiger partial charge on any atom is 0.327 e. The Balaban J connectivity index is 1.90. The topological polar surface area (TPSA) is 57.6 Å². The normalized spacial score (nSPS) is 21.4. The molecule has 0 saturated heterocycles. The SMILES string of the molecule is O=C[C@@H](CCC=CC(=O)O)N(CC1CCCC1)CC1CCCC1. The smallest absolute Gasteiger partial charge is 0.327 e. The zero-order chi connectivity index (χ0) is 16.5. The van der Waals surface area contributed by atoms with E-state index in [1.807, 2.05) is 0 Å². The average molecular weight is 321 g/mol. The van der Waals surface area contributed by atoms with E-state index in [1.54, 1.807) is 6.08 Å². The molecule has 4 nitrogen and oxygen atoms in total. The third-order valence-corrected chi connectivity index (χ3v) is 5.45. The average Bonchev–Trinajstić information content (AvgIpc) is 3.20. The number of hydrogen-bond acceptors (Lipinski definition) is 3. The molecule has 1 atom stereocenters. The predicted molar refractivity (Wildman–Crippen MR) is 91.4 cm³/mol. The van der Waals surface area contributed by atoms with E-state index in [9.17, 15) is 9.59 Å². The van der Waals surface area contributed by atoms with E-state index in [2.05, 4.69) is 4.90 Å². The lowest BCUT2D eigenvalue weighted by Crippen LogP contribution is -2.42. The van der Waals surface area contributed by atoms with Gasteiger partial charge in [0.1, 0.15) is 6.29 Å². The molecule has 0 aliphatic heterocycles. The standard InChI is InChI=1S/C19H31NO3/c21-15-18(11-5-6-12-19(22)23)20(13-16-7-1-2-8-16)14-17-9-3-4-10-17/h6,12,15-18H,1-5,7-11,13-14H2,(H,22,23)/t18-/m1/s1. The molecule has 0 aromatic rings. The van der Waals surface area contributed by atoms with E-state index in [0.29, 0.717) is 6.42 Å². The lowest BCUT2D eigenvalue weighted by Gasteiger charge is -2.32. The maximum absolute atomic E-state index is 11.6. The van der Waals surface area contributed by atoms with Crippen molar-refractivity contribution in [3.8, 4) is 0 Å². The minimum Gasteiger partial charge on any atom is -0.478 e. The number of allylic oxidation sites excluding steroid dienone is 1. The second-order valence-corrected chi connectivity index (χ2v) is 7.28. The molecule has 0 bridgehead atoms. The molecule has 0 aromatic carbocycles. The molecule has 130 valence electrons. The van der Waals surface area contributed by atoms with Crippen molar-refractivity contribution in [2.75, 3.05) is 13.1 Å². The van der Waals surface area contributed by atoms with Gasteiger partial charge in [0.2, 0.25) is 0 Å². The van der Waals surface area contributed by atoms with Gasteiger partial charge in [-0.1, -0.05) is 31.8 Å². The highest BCUT2D eigenvalue weighted by atomic mass is 16.4. The Hall–Kier alpha value is -1.16. The molecule has 1 N–H and O–H groups in total. The number of nitrogens with zero attached hydrogens (tertiary/aromatic N) is 1. The van der Waals surface area contributed by atoms with Crippen LogP contribution in [0.1, 0.15) is 64.2 Å². The van der Waals surface area contributed by atoms with E-state index < -0.39 is 5.97 Å². The van der Waals surface area contributed by atoms with Crippen LogP contribution in [-0.4, -0.2) is 41.4 Å². The monoisotopic (exact) mass is 321 g/mol. The number of carbonyl (C=O) groups excluding carboxylic acids is 1. The summed E-state index contributed by atoms with van der Waals surface area (Å²) in [5, 5.41) is 8.66. The zero-order valence-corrected chi connectivity index (χ0v) is 14.2. The number of aldehydes is 1. The largest absolute Gasteiger partial charge is 0.478 e. The van der Waals surface area contributed by atoms with Crippen molar-refractivity contribution in [3.63, 3.8) is 0 Å². The molecule has 4 heteroatoms. The zero-order valence-electron chi connectivity index (χ0n) is 14.2. The van der Waals surface area contributed by atoms with Crippen molar-refractivity contribution in [1.29, 1.82) is 0 Å². The van der Waals surface area contributed by atoms with Crippen LogP contribution in [0.5, 0.6) is 0 Å². The summed E-state index contributed by atoms with van der Waals surface area (Å²) in [6.07, 6.45) is 15.8. The summed E-state index contributed by atoms with van der Waals surface area (Å²) in [5.41, 5.74) is 0. The van der Waals surface area contributed by atoms with Crippen LogP contribution in [0.2, 0.25) is 0 Å². The van der Waals surface area contributed by atoms with Gasteiger partial charge in [0.05, 0.1) is 6.04 Å². The van der Waals surface area contributed by atoms with Crippen molar-refractivity contribution in [2.24, 2.45) is 11.8 Å². The fraction of sp³-hybridized carbons (Fsp3) is 0.789. The highest BCUT2D eigenvalue weighted by molar-refractivity contribution is 5.79. The molecule has 0 amide bonds. The Kier molecular flexibility index (Phi) is 7.80. The third kappa shape index (κ3) is 6.46. The van der Waals surface area contributed by atoms with Crippen molar-refractivity contribution < 1.29 is 14.7 Å². The van der Waals surface area contributed by atoms with Crippen LogP contribution < -0.4 is 0 Å². The summed E-state index contributed by atoms with van der Waals surface area (Å²) < 4.78 is 0. The second kappa shape index (κ2) is 9.86. The Morgan fingerprint density at radius 1 is 1.04 bits per heavy atom. The minimum absolute atomic E-state index is 0.0605. The van der Waals surface area contributed by atoms with Gasteiger partial charge in [-0.2, -0.15) is 0 Å². The Labute approximate surface area is 139 Å². The molecular weight excluding hydrogens is 290 g/mol. The highest BCUT2D eigenvalue weighted by Crippen LogP contribution is 2.30. The first kappa shape index (κ1) is 18.2. The van der Waals surface area contributed by atoms with Crippen molar-refractivity contribution in [1.82, 2.24) is 4.90 Å². The van der Waals surface area contributed by atoms with Crippen molar-refractivity contribution in [2.45, 2.75) is 70.3 Å². The van der Waals surface area contributed by atoms with Gasteiger partial charge in [-0.3, -0.25) is 4.90 Å². The molecule has 2 aliphatic rings. The molecule has 0 spiro atoms. The first-order valence-corrected chi connectivity index (χ1v) is 9.28. The van der Waals surface area contributed by atoms with Gasteiger partial charge in [0, 0.05) is 19.2 Å². The quantitative estimate of drug-likeness (QED) is 0.493. The molecule has 2 fully saturated rings. The molecule has 2 rings (SSSR count). The Bertz CT molecular complexity index is 377. The van der Waals surface area contributed by atoms with E-state index >= 15 is 0 Å². The maximum atomic E-state index is 11.6. The summed E-state index contributed by atoms with van der Waals surface area (Å²) in [7, 11) is 0. The summed E-state index contributed by atoms with van der Waals surface area (Å²) in [5.74, 6) is 0.572. The molecular formula is C19H31NO3. The molecule has 2 saturated carbocycles. The predicted octanol–water partition coefficient (Wildman–Crippen LogP) is 3.66. The van der Waals surface area contributed by atoms with Crippen LogP contribution in [0.4, 0.5) is 0 Å². The summed E-state index contributed by atoms with van der Waals surface area (Å²) >= 11 is 0. The van der Waals surface area contributed by atoms with Crippen LogP contribution in [0.25, 0.3) is 0 Å². The summed E-state index contributed by atoms with van der Waals surface area (Å²) in [6, 6.07) is -0.0605. The number of carbonyl (C=O) groups is 2. The van der Waals surface area contributed by atoms with E-state index in [4.69, 9.17) is 5.11 Å². The Morgan fingerprint density at radius 2 is 1.57 bits per heavy atom. The number of aliphatic carboxylic acids is 1. The van der Waals surface area contributed by atoms with Crippen LogP contribution in [-0.2, 0) is 9.59 Å². The lowest BCUT2D eigenvalue weighted by molar-refractivity contribution is -0.131. The molecule has 0 aromatic heterocycles. The van der Waals surface area contributed by atoms with Crippen molar-refractivity contribution >= 4 is 12.3 Å². The first-order valence-electron chi connectivity index (χ1n) is 9.28. The molecule has 23 heavy (non-hydrogen) atoms. The summed E-state index contributed by atoms with van der Waals surface area (Å²) in [6.45, 7) is 2.09. The number of carboxylic acid groups (broad SMARTS) is 1. The fourth-order valence-corrected chi connectivity index (χ4v) is 4.18. The van der Waals surface area contributed by atoms with E-state index in [-0.39, 0.29) is 6.04 Å². The van der Waals surface area contributed by atoms with Crippen LogP contribution in [0, 0.1) is 11.8 Å². The van der Waals surface area contributed by atoms with Crippen LogP contribution >= 0.6 is 0 Å². The second-order valence-electron chi connectivity index (χ2n) is 7.28. The van der Waals surface area contributed by atoms with Gasteiger partial charge in [0.15, 0.2) is 0 Å². The van der Waals surface area contributed by atoms with Gasteiger partial charge in [0.25, 0.3) is 0 Å². The van der Waals surface area contributed by atoms with E-state index in [0.717, 1.165) is 37.6 Å². The van der Waals surface area contributed by atoms with Crippen molar-refractivity contribution in [3.05, 3.63) is 12.2 Å². The van der Waals surface area contributed by atoms with E-state index in [1.165, 1.54) is 57.4 Å². The minimum atomic E-state index is -0.915. The highest BCUT2D eigenvalue weighted by Gasteiger charge is 2.27. The number of carboxylic acids is 1. The summed E-state index contributed by atoms with van der Waals surface area (Å²) in [4.78, 5) is 24.6. The molecule has 0 unspecified atom stereocenters. The van der Waals surface area contributed by atoms with Gasteiger partial charge in [-0.05, 0) is 50.4 Å². The number of rotatable bonds is 10. The Morgan fingerprint density at radius 3 is 2.00 bits per heavy atom. The number of hydrogen-bond donors (Lipinski definition) is 1. The van der Waals surface area contributed by atoms with Gasteiger partial charge in [-0.15, -0.1) is 0 Å². The van der Waals surface area contributed by atoms with Crippen LogP contribution in [0.15, 0.2) is 12.2 Å². The van der Waals surface area contributed by atoms with Gasteiger partial charge < -0.3 is 9.90 Å². The molecule has 0 heterocycles. The molecule has 0 radical (unpaired) electrons. The fourth-order valence-electron chi connectivity index (χ4n) is 4.18. The molecule has 2 aliphatic carbocycles. The lowest BCUT2D eigenvalue weighted by atomic mass is 10.0. The first-order chi connectivity index (χ1) is 11.2.